The van der Waals surface area contributed by atoms with Crippen LogP contribution in [0.3, 0.4) is 0 Å². The van der Waals surface area contributed by atoms with Crippen molar-refractivity contribution in [2.75, 3.05) is 7.11 Å². The van der Waals surface area contributed by atoms with Gasteiger partial charge in [0, 0.05) is 12.1 Å². The summed E-state index contributed by atoms with van der Waals surface area (Å²) in [5, 5.41) is 3.60. The van der Waals surface area contributed by atoms with Crippen molar-refractivity contribution >= 4 is 12.2 Å². The largest absolute Gasteiger partial charge is 0.496 e. The van der Waals surface area contributed by atoms with Crippen LogP contribution in [-0.2, 0) is 6.54 Å². The minimum atomic E-state index is 0.191. The second-order valence-electron chi connectivity index (χ2n) is 6.76. The summed E-state index contributed by atoms with van der Waals surface area (Å²) in [4.78, 5) is 0. The molecule has 2 nitrogen and oxygen atoms in total. The first-order valence-corrected chi connectivity index (χ1v) is 8.98. The number of rotatable bonds is 4. The van der Waals surface area contributed by atoms with E-state index < -0.39 is 0 Å². The van der Waals surface area contributed by atoms with E-state index in [4.69, 9.17) is 4.74 Å². The van der Waals surface area contributed by atoms with Crippen LogP contribution in [0.5, 0.6) is 5.75 Å². The molecule has 4 rings (SSSR count). The van der Waals surface area contributed by atoms with Gasteiger partial charge in [-0.15, -0.1) is 0 Å². The molecule has 3 aromatic carbocycles. The molecular formula is C24H23NO. The summed E-state index contributed by atoms with van der Waals surface area (Å²) in [7, 11) is 1.74. The fourth-order valence-electron chi connectivity index (χ4n) is 3.52. The second kappa shape index (κ2) is 7.19. The lowest BCUT2D eigenvalue weighted by molar-refractivity contribution is 0.405. The van der Waals surface area contributed by atoms with Gasteiger partial charge < -0.3 is 10.1 Å². The Kier molecular flexibility index (Phi) is 4.59. The number of hydrogen-bond acceptors (Lipinski definition) is 2. The number of fused-ring (bicyclic) bond motifs is 1. The Morgan fingerprint density at radius 2 is 1.62 bits per heavy atom. The van der Waals surface area contributed by atoms with Gasteiger partial charge in [0.25, 0.3) is 0 Å². The fraction of sp³-hybridized carbons (Fsp3) is 0.167. The molecule has 0 bridgehead atoms. The van der Waals surface area contributed by atoms with Gasteiger partial charge in [-0.3, -0.25) is 0 Å². The third-order valence-electron chi connectivity index (χ3n) is 4.98. The maximum absolute atomic E-state index is 5.71. The molecule has 130 valence electrons. The molecule has 0 fully saturated rings. The second-order valence-corrected chi connectivity index (χ2v) is 6.76. The summed E-state index contributed by atoms with van der Waals surface area (Å²) >= 11 is 0. The lowest BCUT2D eigenvalue weighted by atomic mass is 9.96. The van der Waals surface area contributed by atoms with Gasteiger partial charge in [-0.2, -0.15) is 0 Å². The highest BCUT2D eigenvalue weighted by Gasteiger charge is 2.25. The van der Waals surface area contributed by atoms with Gasteiger partial charge >= 0.3 is 0 Å². The van der Waals surface area contributed by atoms with Crippen molar-refractivity contribution in [2.24, 2.45) is 0 Å². The third kappa shape index (κ3) is 3.29. The maximum Gasteiger partial charge on any atom is 0.124 e. The van der Waals surface area contributed by atoms with Gasteiger partial charge in [0.1, 0.15) is 5.75 Å². The molecule has 3 aromatic rings. The van der Waals surface area contributed by atoms with Gasteiger partial charge in [-0.1, -0.05) is 78.4 Å². The van der Waals surface area contributed by atoms with E-state index in [1.54, 1.807) is 7.11 Å². The van der Waals surface area contributed by atoms with Crippen LogP contribution >= 0.6 is 0 Å². The zero-order valence-electron chi connectivity index (χ0n) is 15.2. The molecule has 0 aromatic heterocycles. The van der Waals surface area contributed by atoms with Gasteiger partial charge in [0.2, 0.25) is 0 Å². The highest BCUT2D eigenvalue weighted by atomic mass is 16.5. The van der Waals surface area contributed by atoms with E-state index >= 15 is 0 Å². The van der Waals surface area contributed by atoms with Gasteiger partial charge in [0.05, 0.1) is 13.2 Å². The summed E-state index contributed by atoms with van der Waals surface area (Å²) in [6, 6.07) is 23.8. The number of aryl methyl sites for hydroxylation is 1. The molecular weight excluding hydrogens is 318 g/mol. The third-order valence-corrected chi connectivity index (χ3v) is 4.98. The van der Waals surface area contributed by atoms with Crippen LogP contribution < -0.4 is 10.1 Å². The smallest absolute Gasteiger partial charge is 0.124 e. The van der Waals surface area contributed by atoms with Gasteiger partial charge in [-0.05, 0) is 35.2 Å². The predicted molar refractivity (Wildman–Crippen MR) is 108 cm³/mol. The summed E-state index contributed by atoms with van der Waals surface area (Å²) in [6.07, 6.45) is 4.27. The molecule has 1 unspecified atom stereocenters. The van der Waals surface area contributed by atoms with E-state index in [1.165, 1.54) is 27.8 Å². The lowest BCUT2D eigenvalue weighted by Gasteiger charge is -2.17. The number of methoxy groups -OCH3 is 1. The molecule has 1 heterocycles. The number of nitrogens with one attached hydrogen (secondary N) is 1. The van der Waals surface area contributed by atoms with Crippen LogP contribution in [0.25, 0.3) is 12.2 Å². The Bertz CT molecular complexity index is 941. The van der Waals surface area contributed by atoms with Crippen LogP contribution in [0.2, 0.25) is 0 Å². The molecule has 0 saturated carbocycles. The Morgan fingerprint density at radius 1 is 0.885 bits per heavy atom. The molecule has 0 saturated heterocycles. The maximum atomic E-state index is 5.71. The Morgan fingerprint density at radius 3 is 2.42 bits per heavy atom. The molecule has 1 N–H and O–H groups in total. The normalized spacial score (nSPS) is 16.0. The highest BCUT2D eigenvalue weighted by molar-refractivity contribution is 5.71. The summed E-state index contributed by atoms with van der Waals surface area (Å²) in [5.74, 6) is 0.922. The van der Waals surface area contributed by atoms with Crippen LogP contribution in [0.4, 0.5) is 0 Å². The summed E-state index contributed by atoms with van der Waals surface area (Å²) in [6.45, 7) is 3.01. The Balaban J connectivity index is 1.62. The average molecular weight is 341 g/mol. The van der Waals surface area contributed by atoms with E-state index in [1.807, 2.05) is 0 Å². The van der Waals surface area contributed by atoms with Crippen molar-refractivity contribution in [1.82, 2.24) is 5.32 Å². The van der Waals surface area contributed by atoms with Crippen molar-refractivity contribution in [3.63, 3.8) is 0 Å². The Labute approximate surface area is 155 Å². The molecule has 1 aliphatic rings. The standard InChI is InChI=1S/C24H23NO/c1-17-7-9-18(10-8-17)11-12-19-13-14-22(23(15-19)26-2)24-21-6-4-3-5-20(21)16-25-24/h3-15,24-25H,16H2,1-2H3. The quantitative estimate of drug-likeness (QED) is 0.645. The number of ether oxygens (including phenoxy) is 1. The first kappa shape index (κ1) is 16.6. The van der Waals surface area contributed by atoms with Crippen LogP contribution in [0, 0.1) is 6.92 Å². The van der Waals surface area contributed by atoms with Crippen LogP contribution in [-0.4, -0.2) is 7.11 Å². The molecule has 1 aliphatic heterocycles. The molecule has 0 aliphatic carbocycles. The minimum Gasteiger partial charge on any atom is -0.496 e. The zero-order valence-corrected chi connectivity index (χ0v) is 15.2. The molecule has 0 radical (unpaired) electrons. The van der Waals surface area contributed by atoms with E-state index in [2.05, 4.69) is 91.1 Å². The average Bonchev–Trinajstić information content (AvgIpc) is 3.11. The molecule has 2 heteroatoms. The first-order chi connectivity index (χ1) is 12.7. The van der Waals surface area contributed by atoms with Gasteiger partial charge in [-0.25, -0.2) is 0 Å². The van der Waals surface area contributed by atoms with Crippen molar-refractivity contribution in [2.45, 2.75) is 19.5 Å². The van der Waals surface area contributed by atoms with Crippen LogP contribution in [0.1, 0.15) is 39.4 Å². The first-order valence-electron chi connectivity index (χ1n) is 8.98. The Hall–Kier alpha value is -2.84. The minimum absolute atomic E-state index is 0.191. The van der Waals surface area contributed by atoms with Crippen molar-refractivity contribution < 1.29 is 4.74 Å². The van der Waals surface area contributed by atoms with Crippen molar-refractivity contribution in [3.8, 4) is 5.75 Å². The van der Waals surface area contributed by atoms with Crippen LogP contribution in [0.15, 0.2) is 66.7 Å². The molecule has 26 heavy (non-hydrogen) atoms. The monoisotopic (exact) mass is 341 g/mol. The van der Waals surface area contributed by atoms with E-state index in [0.29, 0.717) is 0 Å². The summed E-state index contributed by atoms with van der Waals surface area (Å²) < 4.78 is 5.71. The van der Waals surface area contributed by atoms with Crippen molar-refractivity contribution in [1.29, 1.82) is 0 Å². The topological polar surface area (TPSA) is 21.3 Å². The number of benzene rings is 3. The number of hydrogen-bond donors (Lipinski definition) is 1. The van der Waals surface area contributed by atoms with E-state index in [9.17, 15) is 0 Å². The van der Waals surface area contributed by atoms with E-state index in [0.717, 1.165) is 17.9 Å². The predicted octanol–water partition coefficient (Wildman–Crippen LogP) is 5.37. The van der Waals surface area contributed by atoms with Crippen molar-refractivity contribution in [3.05, 3.63) is 100 Å². The lowest BCUT2D eigenvalue weighted by Crippen LogP contribution is -2.14. The SMILES string of the molecule is COc1cc(C=Cc2ccc(C)cc2)ccc1C1NCc2ccccc21. The zero-order chi connectivity index (χ0) is 17.9. The molecule has 0 spiro atoms. The fourth-order valence-corrected chi connectivity index (χ4v) is 3.52. The van der Waals surface area contributed by atoms with E-state index in [-0.39, 0.29) is 6.04 Å². The summed E-state index contributed by atoms with van der Waals surface area (Å²) in [5.41, 5.74) is 7.50. The molecule has 0 amide bonds. The molecule has 1 atom stereocenters. The van der Waals surface area contributed by atoms with Gasteiger partial charge in [0.15, 0.2) is 0 Å². The highest BCUT2D eigenvalue weighted by Crippen LogP contribution is 2.36.